The van der Waals surface area contributed by atoms with Crippen LogP contribution in [0.4, 0.5) is 0 Å². The molecule has 4 aliphatic carbocycles. The molecule has 5 rings (SSSR count). The van der Waals surface area contributed by atoms with Gasteiger partial charge in [0.1, 0.15) is 5.56 Å². The fourth-order valence-corrected chi connectivity index (χ4v) is 5.60. The molecule has 1 aromatic rings. The molecule has 0 atom stereocenters. The quantitative estimate of drug-likeness (QED) is 0.782. The van der Waals surface area contributed by atoms with E-state index in [1.54, 1.807) is 10.9 Å². The predicted octanol–water partition coefficient (Wildman–Crippen LogP) is 2.43. The number of carbonyl (C=O) groups is 1. The maximum atomic E-state index is 13.0. The van der Waals surface area contributed by atoms with Gasteiger partial charge in [0.05, 0.1) is 19.3 Å². The molecule has 26 heavy (non-hydrogen) atoms. The Labute approximate surface area is 155 Å². The molecular formula is C20H32N4O2. The van der Waals surface area contributed by atoms with Gasteiger partial charge in [0, 0.05) is 12.6 Å². The minimum absolute atomic E-state index is 0.0375. The molecule has 6 nitrogen and oxygen atoms in total. The van der Waals surface area contributed by atoms with E-state index in [1.165, 1.54) is 32.1 Å². The average Bonchev–Trinajstić information content (AvgIpc) is 2.98. The lowest BCUT2D eigenvalue weighted by Crippen LogP contribution is -2.55. The van der Waals surface area contributed by atoms with Gasteiger partial charge in [-0.25, -0.2) is 4.68 Å². The van der Waals surface area contributed by atoms with Crippen LogP contribution < -0.4 is 15.8 Å². The second-order valence-electron chi connectivity index (χ2n) is 9.01. The minimum Gasteiger partial charge on any atom is -0.477 e. The first-order valence-corrected chi connectivity index (χ1v) is 10.2. The third kappa shape index (κ3) is 3.36. The highest BCUT2D eigenvalue weighted by Crippen LogP contribution is 2.53. The Balaban J connectivity index is 1.49. The van der Waals surface area contributed by atoms with E-state index in [0.29, 0.717) is 54.9 Å². The molecular weight excluding hydrogens is 328 g/mol. The molecule has 1 heterocycles. The Kier molecular flexibility index (Phi) is 4.95. The first-order valence-electron chi connectivity index (χ1n) is 10.2. The first-order chi connectivity index (χ1) is 12.5. The molecule has 0 spiro atoms. The normalized spacial score (nSPS) is 32.2. The van der Waals surface area contributed by atoms with Crippen LogP contribution in [0.2, 0.25) is 0 Å². The number of ether oxygens (including phenoxy) is 1. The zero-order valence-corrected chi connectivity index (χ0v) is 16.0. The van der Waals surface area contributed by atoms with Crippen molar-refractivity contribution < 1.29 is 9.53 Å². The van der Waals surface area contributed by atoms with Crippen LogP contribution in [-0.4, -0.2) is 34.9 Å². The van der Waals surface area contributed by atoms with E-state index in [-0.39, 0.29) is 5.91 Å². The van der Waals surface area contributed by atoms with Gasteiger partial charge in [-0.3, -0.25) is 4.79 Å². The van der Waals surface area contributed by atoms with Crippen molar-refractivity contribution in [1.82, 2.24) is 15.1 Å². The number of hydrogen-bond acceptors (Lipinski definition) is 4. The van der Waals surface area contributed by atoms with Gasteiger partial charge < -0.3 is 15.8 Å². The second-order valence-corrected chi connectivity index (χ2v) is 9.01. The Morgan fingerprint density at radius 3 is 2.50 bits per heavy atom. The van der Waals surface area contributed by atoms with Crippen molar-refractivity contribution in [3.05, 3.63) is 11.8 Å². The molecule has 0 aromatic carbocycles. The van der Waals surface area contributed by atoms with Crippen LogP contribution in [0.15, 0.2) is 6.20 Å². The molecule has 1 amide bonds. The van der Waals surface area contributed by atoms with Gasteiger partial charge in [-0.2, -0.15) is 5.10 Å². The van der Waals surface area contributed by atoms with E-state index < -0.39 is 0 Å². The predicted molar refractivity (Wildman–Crippen MR) is 99.9 cm³/mol. The van der Waals surface area contributed by atoms with E-state index in [1.807, 2.05) is 0 Å². The summed E-state index contributed by atoms with van der Waals surface area (Å²) in [6.45, 7) is 5.78. The van der Waals surface area contributed by atoms with Crippen molar-refractivity contribution in [3.63, 3.8) is 0 Å². The third-order valence-corrected chi connectivity index (χ3v) is 6.45. The summed E-state index contributed by atoms with van der Waals surface area (Å²) < 4.78 is 7.65. The Bertz CT molecular complexity index is 626. The summed E-state index contributed by atoms with van der Waals surface area (Å²) in [5.74, 6) is 4.04. The van der Waals surface area contributed by atoms with Gasteiger partial charge in [-0.1, -0.05) is 13.8 Å². The first kappa shape index (κ1) is 17.8. The Morgan fingerprint density at radius 2 is 1.92 bits per heavy atom. The molecule has 4 bridgehead atoms. The summed E-state index contributed by atoms with van der Waals surface area (Å²) in [6, 6.07) is 0.325. The van der Waals surface area contributed by atoms with Crippen LogP contribution >= 0.6 is 0 Å². The van der Waals surface area contributed by atoms with Crippen LogP contribution in [0, 0.1) is 29.6 Å². The molecule has 0 saturated heterocycles. The van der Waals surface area contributed by atoms with Crippen LogP contribution in [0.1, 0.15) is 56.3 Å². The highest BCUT2D eigenvalue weighted by Gasteiger charge is 2.48. The summed E-state index contributed by atoms with van der Waals surface area (Å²) >= 11 is 0. The van der Waals surface area contributed by atoms with E-state index in [4.69, 9.17) is 10.5 Å². The zero-order chi connectivity index (χ0) is 18.3. The van der Waals surface area contributed by atoms with E-state index in [9.17, 15) is 4.79 Å². The fourth-order valence-electron chi connectivity index (χ4n) is 5.60. The molecule has 4 fully saturated rings. The highest BCUT2D eigenvalue weighted by molar-refractivity contribution is 5.96. The molecule has 144 valence electrons. The monoisotopic (exact) mass is 360 g/mol. The van der Waals surface area contributed by atoms with Gasteiger partial charge in [-0.05, 0) is 61.7 Å². The number of hydrogen-bond donors (Lipinski definition) is 2. The van der Waals surface area contributed by atoms with Crippen molar-refractivity contribution in [3.8, 4) is 5.88 Å². The van der Waals surface area contributed by atoms with E-state index >= 15 is 0 Å². The summed E-state index contributed by atoms with van der Waals surface area (Å²) in [5, 5.41) is 7.70. The van der Waals surface area contributed by atoms with Crippen molar-refractivity contribution in [1.29, 1.82) is 0 Å². The average molecular weight is 361 g/mol. The highest BCUT2D eigenvalue weighted by atomic mass is 16.5. The van der Waals surface area contributed by atoms with Crippen molar-refractivity contribution >= 4 is 5.91 Å². The molecule has 6 heteroatoms. The van der Waals surface area contributed by atoms with Gasteiger partial charge in [0.25, 0.3) is 5.91 Å². The maximum absolute atomic E-state index is 13.0. The van der Waals surface area contributed by atoms with Crippen molar-refractivity contribution in [2.45, 2.75) is 58.5 Å². The summed E-state index contributed by atoms with van der Waals surface area (Å²) in [4.78, 5) is 13.0. The summed E-state index contributed by atoms with van der Waals surface area (Å²) in [7, 11) is 0. The lowest BCUT2D eigenvalue weighted by Gasteiger charge is -2.54. The molecule has 0 aliphatic heterocycles. The van der Waals surface area contributed by atoms with Crippen LogP contribution in [0.3, 0.4) is 0 Å². The lowest BCUT2D eigenvalue weighted by molar-refractivity contribution is -0.0120. The number of nitrogens with one attached hydrogen (secondary N) is 1. The molecule has 0 unspecified atom stereocenters. The Hall–Kier alpha value is -1.56. The molecule has 4 saturated carbocycles. The van der Waals surface area contributed by atoms with Gasteiger partial charge in [-0.15, -0.1) is 0 Å². The van der Waals surface area contributed by atoms with Crippen LogP contribution in [-0.2, 0) is 6.54 Å². The molecule has 1 aromatic heterocycles. The van der Waals surface area contributed by atoms with Crippen LogP contribution in [0.5, 0.6) is 5.88 Å². The number of nitrogens with zero attached hydrogens (tertiary/aromatic N) is 2. The van der Waals surface area contributed by atoms with Gasteiger partial charge in [0.2, 0.25) is 5.88 Å². The fraction of sp³-hybridized carbons (Fsp3) is 0.800. The Morgan fingerprint density at radius 1 is 1.27 bits per heavy atom. The summed E-state index contributed by atoms with van der Waals surface area (Å²) in [6.07, 6.45) is 8.23. The lowest BCUT2D eigenvalue weighted by atomic mass is 9.54. The number of rotatable bonds is 7. The molecule has 0 radical (unpaired) electrons. The van der Waals surface area contributed by atoms with E-state index in [0.717, 1.165) is 11.8 Å². The molecule has 4 aliphatic rings. The number of amides is 1. The smallest absolute Gasteiger partial charge is 0.258 e. The standard InChI is InChI=1S/C20H32N4O2/c1-12(2)11-26-20-17(10-22-24(20)4-3-21)19(25)23-18-15-6-13-5-14(8-15)9-16(18)7-13/h10,12-16,18H,3-9,11,21H2,1-2H3,(H,23,25). The minimum atomic E-state index is -0.0375. The number of aromatic nitrogens is 2. The third-order valence-electron chi connectivity index (χ3n) is 6.45. The zero-order valence-electron chi connectivity index (χ0n) is 16.0. The maximum Gasteiger partial charge on any atom is 0.258 e. The number of carbonyl (C=O) groups excluding carboxylic acids is 1. The van der Waals surface area contributed by atoms with E-state index in [2.05, 4.69) is 24.3 Å². The van der Waals surface area contributed by atoms with Crippen molar-refractivity contribution in [2.75, 3.05) is 13.2 Å². The van der Waals surface area contributed by atoms with Crippen molar-refractivity contribution in [2.24, 2.45) is 35.3 Å². The summed E-state index contributed by atoms with van der Waals surface area (Å²) in [5.41, 5.74) is 6.23. The molecule has 3 N–H and O–H groups in total. The number of nitrogens with two attached hydrogens (primary N) is 1. The van der Waals surface area contributed by atoms with Gasteiger partial charge >= 0.3 is 0 Å². The second kappa shape index (κ2) is 7.22. The SMILES string of the molecule is CC(C)COc1c(C(=O)NC2C3CC4CC(C3)CC2C4)cnn1CCN. The van der Waals surface area contributed by atoms with Gasteiger partial charge in [0.15, 0.2) is 0 Å². The van der Waals surface area contributed by atoms with Crippen LogP contribution in [0.25, 0.3) is 0 Å². The topological polar surface area (TPSA) is 82.2 Å². The largest absolute Gasteiger partial charge is 0.477 e.